The molecule has 0 aromatic carbocycles. The van der Waals surface area contributed by atoms with E-state index in [1.807, 2.05) is 4.68 Å². The highest BCUT2D eigenvalue weighted by atomic mass is 15.6. The second-order valence-electron chi connectivity index (χ2n) is 7.92. The average Bonchev–Trinajstić information content (AvgIpc) is 2.85. The Morgan fingerprint density at radius 1 is 1.14 bits per heavy atom. The van der Waals surface area contributed by atoms with Crippen molar-refractivity contribution in [2.45, 2.75) is 52.6 Å². The molecular formula is C15H32N6+2. The fourth-order valence-corrected chi connectivity index (χ4v) is 3.16. The van der Waals surface area contributed by atoms with Crippen LogP contribution in [-0.4, -0.2) is 53.4 Å². The summed E-state index contributed by atoms with van der Waals surface area (Å²) in [6.45, 7) is 16.0. The minimum atomic E-state index is -0.0642. The van der Waals surface area contributed by atoms with E-state index in [0.717, 1.165) is 12.2 Å². The third kappa shape index (κ3) is 4.01. The number of hydrogen-bond acceptors (Lipinski definition) is 3. The molecule has 1 aliphatic heterocycles. The summed E-state index contributed by atoms with van der Waals surface area (Å²) in [6, 6.07) is 0.410. The van der Waals surface area contributed by atoms with Crippen LogP contribution < -0.4 is 9.80 Å². The van der Waals surface area contributed by atoms with Crippen LogP contribution >= 0.6 is 0 Å². The molecule has 0 saturated carbocycles. The largest absolute Gasteiger partial charge is 0.328 e. The van der Waals surface area contributed by atoms with Gasteiger partial charge in [0.2, 0.25) is 5.82 Å². The summed E-state index contributed by atoms with van der Waals surface area (Å²) in [5.74, 6) is 1.71. The highest BCUT2D eigenvalue weighted by molar-refractivity contribution is 4.92. The van der Waals surface area contributed by atoms with Gasteiger partial charge in [-0.25, -0.2) is 4.68 Å². The van der Waals surface area contributed by atoms with E-state index in [4.69, 9.17) is 0 Å². The standard InChI is InChI=1S/C15H30N6/c1-12(2)11-13(20-9-7-19(6)8-10-20)14-16-17-18-21(14)15(3,4)5/h12-13H,7-11H2,1-6H3/p+2/t13-/m0/s1. The van der Waals surface area contributed by atoms with E-state index in [2.05, 4.69) is 57.2 Å². The molecule has 2 N–H and O–H groups in total. The Morgan fingerprint density at radius 2 is 1.76 bits per heavy atom. The predicted octanol–water partition coefficient (Wildman–Crippen LogP) is -1.07. The number of nitrogens with zero attached hydrogens (tertiary/aromatic N) is 4. The summed E-state index contributed by atoms with van der Waals surface area (Å²) in [7, 11) is 2.29. The minimum absolute atomic E-state index is 0.0642. The molecule has 1 fully saturated rings. The molecule has 0 bridgehead atoms. The van der Waals surface area contributed by atoms with Gasteiger partial charge in [-0.2, -0.15) is 0 Å². The van der Waals surface area contributed by atoms with Gasteiger partial charge in [-0.3, -0.25) is 0 Å². The lowest BCUT2D eigenvalue weighted by Crippen LogP contribution is -3.27. The Morgan fingerprint density at radius 3 is 2.29 bits per heavy atom. The van der Waals surface area contributed by atoms with Gasteiger partial charge in [0.05, 0.1) is 12.6 Å². The Bertz CT molecular complexity index is 439. The summed E-state index contributed by atoms with van der Waals surface area (Å²) >= 11 is 0. The maximum Gasteiger partial charge on any atom is 0.209 e. The zero-order valence-electron chi connectivity index (χ0n) is 14.5. The van der Waals surface area contributed by atoms with Crippen LogP contribution in [0.5, 0.6) is 0 Å². The lowest BCUT2D eigenvalue weighted by molar-refractivity contribution is -1.02. The molecule has 1 aromatic rings. The molecule has 0 spiro atoms. The summed E-state index contributed by atoms with van der Waals surface area (Å²) in [4.78, 5) is 3.28. The van der Waals surface area contributed by atoms with E-state index < -0.39 is 0 Å². The zero-order valence-corrected chi connectivity index (χ0v) is 14.5. The van der Waals surface area contributed by atoms with Gasteiger partial charge >= 0.3 is 0 Å². The van der Waals surface area contributed by atoms with Crippen molar-refractivity contribution in [3.8, 4) is 0 Å². The lowest BCUT2D eigenvalue weighted by atomic mass is 9.99. The molecule has 2 heterocycles. The van der Waals surface area contributed by atoms with Gasteiger partial charge in [-0.05, 0) is 37.1 Å². The second kappa shape index (κ2) is 6.40. The summed E-state index contributed by atoms with van der Waals surface area (Å²) < 4.78 is 2.03. The third-order valence-electron chi connectivity index (χ3n) is 4.39. The van der Waals surface area contributed by atoms with Crippen molar-refractivity contribution in [2.75, 3.05) is 33.2 Å². The topological polar surface area (TPSA) is 52.5 Å². The number of tetrazole rings is 1. The van der Waals surface area contributed by atoms with Gasteiger partial charge in [-0.1, -0.05) is 13.8 Å². The molecule has 0 aliphatic carbocycles. The van der Waals surface area contributed by atoms with Gasteiger partial charge in [0.1, 0.15) is 26.2 Å². The molecule has 1 atom stereocenters. The Kier molecular flexibility index (Phi) is 4.99. The summed E-state index contributed by atoms with van der Waals surface area (Å²) in [5.41, 5.74) is -0.0642. The number of aromatic nitrogens is 4. The second-order valence-corrected chi connectivity index (χ2v) is 7.92. The predicted molar refractivity (Wildman–Crippen MR) is 82.3 cm³/mol. The van der Waals surface area contributed by atoms with Crippen LogP contribution in [0, 0.1) is 5.92 Å². The molecule has 120 valence electrons. The molecule has 1 aromatic heterocycles. The van der Waals surface area contributed by atoms with Gasteiger partial charge in [0.15, 0.2) is 6.04 Å². The SMILES string of the molecule is CC(C)C[C@@H](c1nnnn1C(C)(C)C)[NH+]1CC[NH+](C)CC1. The first-order valence-corrected chi connectivity index (χ1v) is 8.23. The lowest BCUT2D eigenvalue weighted by Gasteiger charge is -2.34. The number of rotatable bonds is 4. The Hall–Kier alpha value is -1.01. The molecule has 0 unspecified atom stereocenters. The van der Waals surface area contributed by atoms with Crippen LogP contribution in [0.1, 0.15) is 52.9 Å². The molecule has 1 aliphatic rings. The number of piperazine rings is 1. The van der Waals surface area contributed by atoms with Crippen molar-refractivity contribution < 1.29 is 9.80 Å². The quantitative estimate of drug-likeness (QED) is 0.744. The number of hydrogen-bond donors (Lipinski definition) is 2. The van der Waals surface area contributed by atoms with E-state index in [1.54, 1.807) is 9.80 Å². The van der Waals surface area contributed by atoms with E-state index >= 15 is 0 Å². The molecule has 6 nitrogen and oxygen atoms in total. The molecular weight excluding hydrogens is 264 g/mol. The number of nitrogens with one attached hydrogen (secondary N) is 2. The molecule has 2 rings (SSSR count). The first-order valence-electron chi connectivity index (χ1n) is 8.23. The molecule has 0 radical (unpaired) electrons. The highest BCUT2D eigenvalue weighted by Gasteiger charge is 2.35. The smallest absolute Gasteiger partial charge is 0.209 e. The fourth-order valence-electron chi connectivity index (χ4n) is 3.16. The van der Waals surface area contributed by atoms with Crippen molar-refractivity contribution in [3.63, 3.8) is 0 Å². The van der Waals surface area contributed by atoms with Crippen molar-refractivity contribution in [1.29, 1.82) is 0 Å². The van der Waals surface area contributed by atoms with Crippen LogP contribution in [0.3, 0.4) is 0 Å². The van der Waals surface area contributed by atoms with Crippen molar-refractivity contribution in [1.82, 2.24) is 20.2 Å². The van der Waals surface area contributed by atoms with E-state index in [9.17, 15) is 0 Å². The average molecular weight is 296 g/mol. The molecule has 0 amide bonds. The van der Waals surface area contributed by atoms with Crippen molar-refractivity contribution in [2.24, 2.45) is 5.92 Å². The fraction of sp³-hybridized carbons (Fsp3) is 0.933. The highest BCUT2D eigenvalue weighted by Crippen LogP contribution is 2.21. The van der Waals surface area contributed by atoms with Gasteiger partial charge < -0.3 is 9.80 Å². The van der Waals surface area contributed by atoms with Gasteiger partial charge in [0, 0.05) is 6.42 Å². The van der Waals surface area contributed by atoms with Crippen molar-refractivity contribution in [3.05, 3.63) is 5.82 Å². The first kappa shape index (κ1) is 16.4. The van der Waals surface area contributed by atoms with Crippen LogP contribution in [0.4, 0.5) is 0 Å². The normalized spacial score (nSPS) is 25.3. The monoisotopic (exact) mass is 296 g/mol. The number of quaternary nitrogens is 2. The molecule has 6 heteroatoms. The summed E-state index contributed by atoms with van der Waals surface area (Å²) in [6.07, 6.45) is 1.14. The van der Waals surface area contributed by atoms with E-state index in [-0.39, 0.29) is 5.54 Å². The zero-order chi connectivity index (χ0) is 15.6. The first-order chi connectivity index (χ1) is 9.79. The maximum absolute atomic E-state index is 4.40. The summed E-state index contributed by atoms with van der Waals surface area (Å²) in [5, 5.41) is 12.6. The molecule has 1 saturated heterocycles. The Labute approximate surface area is 128 Å². The van der Waals surface area contributed by atoms with Gasteiger partial charge in [-0.15, -0.1) is 5.10 Å². The Balaban J connectivity index is 2.26. The van der Waals surface area contributed by atoms with E-state index in [1.165, 1.54) is 26.2 Å². The van der Waals surface area contributed by atoms with Crippen LogP contribution in [0.2, 0.25) is 0 Å². The van der Waals surface area contributed by atoms with E-state index in [0.29, 0.717) is 12.0 Å². The minimum Gasteiger partial charge on any atom is -0.328 e. The number of likely N-dealkylation sites (N-methyl/N-ethyl adjacent to an activating group) is 1. The molecule has 21 heavy (non-hydrogen) atoms. The van der Waals surface area contributed by atoms with Gasteiger partial charge in [0.25, 0.3) is 0 Å². The van der Waals surface area contributed by atoms with Crippen LogP contribution in [-0.2, 0) is 5.54 Å². The maximum atomic E-state index is 4.40. The van der Waals surface area contributed by atoms with Crippen molar-refractivity contribution >= 4 is 0 Å². The van der Waals surface area contributed by atoms with Crippen LogP contribution in [0.25, 0.3) is 0 Å². The third-order valence-corrected chi connectivity index (χ3v) is 4.39. The van der Waals surface area contributed by atoms with Crippen LogP contribution in [0.15, 0.2) is 0 Å².